The summed E-state index contributed by atoms with van der Waals surface area (Å²) in [6, 6.07) is 10.6. The van der Waals surface area contributed by atoms with Crippen molar-refractivity contribution >= 4 is 10.8 Å². The average Bonchev–Trinajstić information content (AvgIpc) is 2.74. The summed E-state index contributed by atoms with van der Waals surface area (Å²) >= 11 is 0. The molecule has 0 aromatic heterocycles. The van der Waals surface area contributed by atoms with E-state index in [2.05, 4.69) is 58.4 Å². The third-order valence-corrected chi connectivity index (χ3v) is 6.29. The van der Waals surface area contributed by atoms with Crippen LogP contribution in [0.3, 0.4) is 0 Å². The van der Waals surface area contributed by atoms with Gasteiger partial charge in [0.1, 0.15) is 5.75 Å². The van der Waals surface area contributed by atoms with Crippen LogP contribution in [0, 0.1) is 6.42 Å². The molecule has 29 heavy (non-hydrogen) atoms. The summed E-state index contributed by atoms with van der Waals surface area (Å²) in [4.78, 5) is 0. The van der Waals surface area contributed by atoms with E-state index >= 15 is 0 Å². The second kappa shape index (κ2) is 12.3. The lowest BCUT2D eigenvalue weighted by Crippen LogP contribution is -2.29. The fraction of sp³-hybridized carbons (Fsp3) is 0.607. The van der Waals surface area contributed by atoms with E-state index in [4.69, 9.17) is 0 Å². The zero-order chi connectivity index (χ0) is 21.1. The average molecular weight is 395 g/mol. The van der Waals surface area contributed by atoms with Crippen LogP contribution in [0.2, 0.25) is 0 Å². The van der Waals surface area contributed by atoms with Crippen molar-refractivity contribution in [2.24, 2.45) is 0 Å². The molecule has 0 aliphatic rings. The van der Waals surface area contributed by atoms with Gasteiger partial charge in [0.2, 0.25) is 0 Å². The Bertz CT molecular complexity index is 722. The van der Waals surface area contributed by atoms with Gasteiger partial charge in [0.15, 0.2) is 0 Å². The number of rotatable bonds is 14. The number of hydrogen-bond acceptors (Lipinski definition) is 1. The summed E-state index contributed by atoms with van der Waals surface area (Å²) in [5.41, 5.74) is 2.81. The minimum absolute atomic E-state index is 0.00241. The molecule has 0 saturated carbocycles. The third-order valence-electron chi connectivity index (χ3n) is 6.29. The van der Waals surface area contributed by atoms with Crippen LogP contribution >= 0.6 is 0 Å². The van der Waals surface area contributed by atoms with Gasteiger partial charge in [-0.15, -0.1) is 0 Å². The van der Waals surface area contributed by atoms with Gasteiger partial charge < -0.3 is 5.11 Å². The molecule has 1 heteroatoms. The lowest BCUT2D eigenvalue weighted by molar-refractivity contribution is 0.378. The summed E-state index contributed by atoms with van der Waals surface area (Å²) in [6.07, 6.45) is 18.1. The van der Waals surface area contributed by atoms with Crippen molar-refractivity contribution in [3.63, 3.8) is 0 Å². The molecule has 2 radical (unpaired) electrons. The van der Waals surface area contributed by atoms with Gasteiger partial charge in [-0.25, -0.2) is 0 Å². The number of hydrogen-bond donors (Lipinski definition) is 1. The molecule has 0 heterocycles. The minimum atomic E-state index is -0.00241. The molecule has 0 fully saturated rings. The quantitative estimate of drug-likeness (QED) is 0.317. The van der Waals surface area contributed by atoms with Gasteiger partial charge in [-0.05, 0) is 61.1 Å². The van der Waals surface area contributed by atoms with Crippen molar-refractivity contribution in [3.8, 4) is 5.75 Å². The molecule has 2 rings (SSSR count). The molecule has 160 valence electrons. The Balaban J connectivity index is 2.71. The Morgan fingerprint density at radius 2 is 1.38 bits per heavy atom. The summed E-state index contributed by atoms with van der Waals surface area (Å²) < 4.78 is 0. The normalized spacial score (nSPS) is 12.0. The van der Waals surface area contributed by atoms with Crippen molar-refractivity contribution < 1.29 is 5.11 Å². The molecule has 1 N–H and O–H groups in total. The van der Waals surface area contributed by atoms with Gasteiger partial charge in [0.05, 0.1) is 0 Å². The standard InChI is InChI=1S/C28H42O/c1-5-9-15-21-28(19-11-7-3,20-12-8-4)27-23(16-10-6-2)22-26(29)24-17-13-14-18-25(24)27/h13-14,17-18,22,29H,5-12,15-16,19-20H2,1-4H3. The first-order valence-electron chi connectivity index (χ1n) is 12.1. The Labute approximate surface area is 179 Å². The van der Waals surface area contributed by atoms with E-state index in [0.717, 1.165) is 24.6 Å². The number of fused-ring (bicyclic) bond motifs is 1. The predicted octanol–water partition coefficient (Wildman–Crippen LogP) is 8.78. The second-order valence-corrected chi connectivity index (χ2v) is 8.65. The summed E-state index contributed by atoms with van der Waals surface area (Å²) in [5, 5.41) is 13.0. The van der Waals surface area contributed by atoms with E-state index in [0.29, 0.717) is 5.75 Å². The molecule has 0 aliphatic carbocycles. The van der Waals surface area contributed by atoms with E-state index < -0.39 is 0 Å². The third kappa shape index (κ3) is 6.00. The van der Waals surface area contributed by atoms with Crippen molar-refractivity contribution in [3.05, 3.63) is 47.9 Å². The first kappa shape index (κ1) is 23.8. The topological polar surface area (TPSA) is 20.2 Å². The van der Waals surface area contributed by atoms with Crippen molar-refractivity contribution in [2.45, 2.75) is 110 Å². The van der Waals surface area contributed by atoms with E-state index in [9.17, 15) is 5.11 Å². The van der Waals surface area contributed by atoms with Crippen molar-refractivity contribution in [1.82, 2.24) is 0 Å². The number of phenols is 1. The molecule has 0 amide bonds. The van der Waals surface area contributed by atoms with Crippen LogP contribution in [0.25, 0.3) is 10.8 Å². The van der Waals surface area contributed by atoms with Gasteiger partial charge in [0, 0.05) is 10.8 Å². The highest BCUT2D eigenvalue weighted by atomic mass is 16.3. The van der Waals surface area contributed by atoms with Crippen LogP contribution < -0.4 is 0 Å². The van der Waals surface area contributed by atoms with E-state index in [1.807, 2.05) is 6.07 Å². The Morgan fingerprint density at radius 3 is 1.97 bits per heavy atom. The zero-order valence-electron chi connectivity index (χ0n) is 19.3. The summed E-state index contributed by atoms with van der Waals surface area (Å²) in [5.74, 6) is 0.434. The van der Waals surface area contributed by atoms with Crippen LogP contribution in [0.1, 0.15) is 109 Å². The molecule has 0 spiro atoms. The van der Waals surface area contributed by atoms with E-state index in [-0.39, 0.29) is 5.41 Å². The first-order chi connectivity index (χ1) is 14.1. The molecule has 0 unspecified atom stereocenters. The number of aromatic hydroxyl groups is 1. The van der Waals surface area contributed by atoms with Crippen LogP contribution in [0.4, 0.5) is 0 Å². The predicted molar refractivity (Wildman–Crippen MR) is 128 cm³/mol. The van der Waals surface area contributed by atoms with Crippen LogP contribution in [-0.2, 0) is 11.8 Å². The van der Waals surface area contributed by atoms with Crippen molar-refractivity contribution in [1.29, 1.82) is 0 Å². The molecule has 0 saturated heterocycles. The summed E-state index contributed by atoms with van der Waals surface area (Å²) in [7, 11) is 0. The van der Waals surface area contributed by atoms with E-state index in [1.54, 1.807) is 0 Å². The van der Waals surface area contributed by atoms with Gasteiger partial charge in [-0.1, -0.05) is 96.9 Å². The maximum atomic E-state index is 10.8. The maximum absolute atomic E-state index is 10.8. The van der Waals surface area contributed by atoms with Crippen LogP contribution in [-0.4, -0.2) is 5.11 Å². The first-order valence-corrected chi connectivity index (χ1v) is 12.1. The van der Waals surface area contributed by atoms with Gasteiger partial charge in [0.25, 0.3) is 0 Å². The number of unbranched alkanes of at least 4 members (excludes halogenated alkanes) is 5. The van der Waals surface area contributed by atoms with E-state index in [1.165, 1.54) is 74.3 Å². The molecular weight excluding hydrogens is 352 g/mol. The molecule has 0 bridgehead atoms. The fourth-order valence-electron chi connectivity index (χ4n) is 4.64. The minimum Gasteiger partial charge on any atom is -0.507 e. The number of phenolic OH excluding ortho intramolecular Hbond substituents is 1. The second-order valence-electron chi connectivity index (χ2n) is 8.65. The molecule has 2 aromatic carbocycles. The molecular formula is C28H42O. The molecule has 1 nitrogen and oxygen atoms in total. The zero-order valence-corrected chi connectivity index (χ0v) is 19.3. The highest BCUT2D eigenvalue weighted by Crippen LogP contribution is 2.46. The lowest BCUT2D eigenvalue weighted by atomic mass is 9.66. The summed E-state index contributed by atoms with van der Waals surface area (Å²) in [6.45, 7) is 9.11. The van der Waals surface area contributed by atoms with Crippen LogP contribution in [0.15, 0.2) is 30.3 Å². The van der Waals surface area contributed by atoms with Crippen molar-refractivity contribution in [2.75, 3.05) is 0 Å². The monoisotopic (exact) mass is 394 g/mol. The van der Waals surface area contributed by atoms with Gasteiger partial charge in [-0.2, -0.15) is 0 Å². The molecule has 0 aliphatic heterocycles. The SMILES string of the molecule is CCCC[C]C(CCCC)(CCCC)c1c(CCCC)cc(O)c2ccccc12. The fourth-order valence-corrected chi connectivity index (χ4v) is 4.64. The van der Waals surface area contributed by atoms with Gasteiger partial charge in [-0.3, -0.25) is 0 Å². The van der Waals surface area contributed by atoms with Crippen LogP contribution in [0.5, 0.6) is 5.75 Å². The lowest BCUT2D eigenvalue weighted by Gasteiger charge is -2.38. The highest BCUT2D eigenvalue weighted by molar-refractivity contribution is 5.93. The maximum Gasteiger partial charge on any atom is 0.123 e. The molecule has 0 atom stereocenters. The Hall–Kier alpha value is -1.50. The molecule has 2 aromatic rings. The Kier molecular flexibility index (Phi) is 10.0. The smallest absolute Gasteiger partial charge is 0.123 e. The number of benzene rings is 2. The number of aryl methyl sites for hydroxylation is 1. The largest absolute Gasteiger partial charge is 0.507 e. The Morgan fingerprint density at radius 1 is 0.793 bits per heavy atom. The van der Waals surface area contributed by atoms with Gasteiger partial charge >= 0.3 is 0 Å². The highest BCUT2D eigenvalue weighted by Gasteiger charge is 2.35.